The van der Waals surface area contributed by atoms with Crippen LogP contribution in [-0.2, 0) is 4.79 Å². The largest absolute Gasteiger partial charge is 0.291 e. The van der Waals surface area contributed by atoms with Crippen LogP contribution >= 0.6 is 11.6 Å². The Balaban J connectivity index is 2.78. The van der Waals surface area contributed by atoms with Gasteiger partial charge in [0.15, 0.2) is 0 Å². The van der Waals surface area contributed by atoms with E-state index in [1.165, 1.54) is 19.3 Å². The third kappa shape index (κ3) is 2.79. The summed E-state index contributed by atoms with van der Waals surface area (Å²) in [5, 5.41) is 2.25. The van der Waals surface area contributed by atoms with Crippen LogP contribution in [0.2, 0.25) is 5.15 Å². The third-order valence-corrected chi connectivity index (χ3v) is 1.34. The Labute approximate surface area is 79.1 Å². The highest BCUT2D eigenvalue weighted by molar-refractivity contribution is 6.29. The minimum atomic E-state index is -0.586. The van der Waals surface area contributed by atoms with E-state index >= 15 is 0 Å². The fraction of sp³-hybridized carbons (Fsp3) is 0.143. The van der Waals surface area contributed by atoms with E-state index in [2.05, 4.69) is 15.3 Å². The highest BCUT2D eigenvalue weighted by Crippen LogP contribution is 2.00. The van der Waals surface area contributed by atoms with E-state index in [1.54, 1.807) is 0 Å². The van der Waals surface area contributed by atoms with Crippen LogP contribution in [0.5, 0.6) is 0 Å². The maximum absolute atomic E-state index is 11.1. The standard InChI is InChI=1S/C7H6ClN3O2/c1-4(12)11-7(13)5-2-10-6(8)3-9-5/h2-3H,1H3,(H,11,12,13). The lowest BCUT2D eigenvalue weighted by Gasteiger charge is -1.98. The maximum Gasteiger partial charge on any atom is 0.278 e. The molecule has 0 saturated carbocycles. The van der Waals surface area contributed by atoms with Gasteiger partial charge in [0.05, 0.1) is 12.4 Å². The summed E-state index contributed by atoms with van der Waals surface area (Å²) >= 11 is 5.45. The van der Waals surface area contributed by atoms with Crippen molar-refractivity contribution in [1.82, 2.24) is 15.3 Å². The van der Waals surface area contributed by atoms with Gasteiger partial charge in [-0.3, -0.25) is 14.9 Å². The van der Waals surface area contributed by atoms with Crippen LogP contribution in [0.4, 0.5) is 0 Å². The molecule has 1 N–H and O–H groups in total. The Morgan fingerprint density at radius 3 is 2.54 bits per heavy atom. The highest BCUT2D eigenvalue weighted by Gasteiger charge is 2.08. The lowest BCUT2D eigenvalue weighted by atomic mass is 10.4. The van der Waals surface area contributed by atoms with Crippen molar-refractivity contribution in [1.29, 1.82) is 0 Å². The van der Waals surface area contributed by atoms with Gasteiger partial charge in [0.1, 0.15) is 10.8 Å². The Morgan fingerprint density at radius 2 is 2.08 bits per heavy atom. The summed E-state index contributed by atoms with van der Waals surface area (Å²) in [6, 6.07) is 0. The van der Waals surface area contributed by atoms with E-state index in [9.17, 15) is 9.59 Å². The summed E-state index contributed by atoms with van der Waals surface area (Å²) in [6.07, 6.45) is 2.43. The minimum absolute atomic E-state index is 0.0552. The van der Waals surface area contributed by atoms with Crippen LogP contribution in [0.15, 0.2) is 12.4 Å². The summed E-state index contributed by atoms with van der Waals surface area (Å²) in [5.74, 6) is -1.03. The van der Waals surface area contributed by atoms with Gasteiger partial charge in [-0.1, -0.05) is 11.6 Å². The van der Waals surface area contributed by atoms with Crippen molar-refractivity contribution in [2.24, 2.45) is 0 Å². The monoisotopic (exact) mass is 199 g/mol. The molecule has 0 atom stereocenters. The van der Waals surface area contributed by atoms with Gasteiger partial charge in [0.25, 0.3) is 5.91 Å². The second kappa shape index (κ2) is 3.95. The van der Waals surface area contributed by atoms with E-state index in [1.807, 2.05) is 0 Å². The first kappa shape index (κ1) is 9.60. The lowest BCUT2D eigenvalue weighted by Crippen LogP contribution is -2.28. The Morgan fingerprint density at radius 1 is 1.38 bits per heavy atom. The molecule has 1 rings (SSSR count). The van der Waals surface area contributed by atoms with Crippen molar-refractivity contribution >= 4 is 23.4 Å². The summed E-state index contributed by atoms with van der Waals surface area (Å²) in [7, 11) is 0. The molecule has 0 fully saturated rings. The molecular weight excluding hydrogens is 194 g/mol. The fourth-order valence-corrected chi connectivity index (χ4v) is 0.751. The minimum Gasteiger partial charge on any atom is -0.291 e. The number of carbonyl (C=O) groups excluding carboxylic acids is 2. The molecule has 0 spiro atoms. The number of rotatable bonds is 1. The summed E-state index contributed by atoms with van der Waals surface area (Å²) in [5.41, 5.74) is 0.0552. The smallest absolute Gasteiger partial charge is 0.278 e. The van der Waals surface area contributed by atoms with Gasteiger partial charge >= 0.3 is 0 Å². The molecule has 5 nitrogen and oxygen atoms in total. The first-order chi connectivity index (χ1) is 6.09. The van der Waals surface area contributed by atoms with Crippen LogP contribution in [0, 0.1) is 0 Å². The number of nitrogens with zero attached hydrogens (tertiary/aromatic N) is 2. The predicted molar refractivity (Wildman–Crippen MR) is 45.2 cm³/mol. The SMILES string of the molecule is CC(=O)NC(=O)c1cnc(Cl)cn1. The molecule has 0 aliphatic carbocycles. The van der Waals surface area contributed by atoms with Crippen molar-refractivity contribution in [3.8, 4) is 0 Å². The van der Waals surface area contributed by atoms with Gasteiger partial charge in [0.2, 0.25) is 5.91 Å². The molecule has 0 aliphatic heterocycles. The number of halogens is 1. The number of imide groups is 1. The highest BCUT2D eigenvalue weighted by atomic mass is 35.5. The number of hydrogen-bond acceptors (Lipinski definition) is 4. The zero-order valence-corrected chi connectivity index (χ0v) is 7.50. The normalized spacial score (nSPS) is 9.38. The van der Waals surface area contributed by atoms with E-state index in [4.69, 9.17) is 11.6 Å². The molecule has 68 valence electrons. The van der Waals surface area contributed by atoms with Crippen molar-refractivity contribution < 1.29 is 9.59 Å². The second-order valence-electron chi connectivity index (χ2n) is 2.23. The molecule has 6 heteroatoms. The molecule has 0 bridgehead atoms. The average molecular weight is 200 g/mol. The molecule has 1 heterocycles. The van der Waals surface area contributed by atoms with Gasteiger partial charge in [-0.15, -0.1) is 0 Å². The van der Waals surface area contributed by atoms with Crippen LogP contribution in [-0.4, -0.2) is 21.8 Å². The van der Waals surface area contributed by atoms with Crippen LogP contribution in [0.1, 0.15) is 17.4 Å². The van der Waals surface area contributed by atoms with Gasteiger partial charge in [-0.2, -0.15) is 0 Å². The van der Waals surface area contributed by atoms with Crippen LogP contribution in [0.3, 0.4) is 0 Å². The number of aromatic nitrogens is 2. The van der Waals surface area contributed by atoms with Gasteiger partial charge in [-0.25, -0.2) is 9.97 Å². The van der Waals surface area contributed by atoms with E-state index in [-0.39, 0.29) is 10.8 Å². The van der Waals surface area contributed by atoms with Crippen LogP contribution < -0.4 is 5.32 Å². The van der Waals surface area contributed by atoms with Gasteiger partial charge in [-0.05, 0) is 0 Å². The molecule has 13 heavy (non-hydrogen) atoms. The van der Waals surface area contributed by atoms with Crippen molar-refractivity contribution in [3.63, 3.8) is 0 Å². The predicted octanol–water partition coefficient (Wildman–Crippen LogP) is 0.406. The van der Waals surface area contributed by atoms with E-state index in [0.29, 0.717) is 0 Å². The molecule has 0 radical (unpaired) electrons. The lowest BCUT2D eigenvalue weighted by molar-refractivity contribution is -0.118. The maximum atomic E-state index is 11.1. The molecule has 2 amide bonds. The number of carbonyl (C=O) groups is 2. The molecule has 1 aromatic rings. The zero-order valence-electron chi connectivity index (χ0n) is 6.74. The summed E-state index contributed by atoms with van der Waals surface area (Å²) in [6.45, 7) is 1.24. The van der Waals surface area contributed by atoms with E-state index in [0.717, 1.165) is 0 Å². The Hall–Kier alpha value is -1.49. The fourth-order valence-electron chi connectivity index (χ4n) is 0.653. The number of amides is 2. The van der Waals surface area contributed by atoms with Crippen molar-refractivity contribution in [2.45, 2.75) is 6.92 Å². The van der Waals surface area contributed by atoms with Crippen molar-refractivity contribution in [3.05, 3.63) is 23.2 Å². The van der Waals surface area contributed by atoms with Crippen molar-refractivity contribution in [2.75, 3.05) is 0 Å². The zero-order chi connectivity index (χ0) is 9.84. The number of hydrogen-bond donors (Lipinski definition) is 1. The van der Waals surface area contributed by atoms with E-state index < -0.39 is 11.8 Å². The molecule has 0 aliphatic rings. The summed E-state index contributed by atoms with van der Waals surface area (Å²) < 4.78 is 0. The van der Waals surface area contributed by atoms with Gasteiger partial charge in [0, 0.05) is 6.92 Å². The first-order valence-corrected chi connectivity index (χ1v) is 3.77. The number of nitrogens with one attached hydrogen (secondary N) is 1. The second-order valence-corrected chi connectivity index (χ2v) is 2.62. The van der Waals surface area contributed by atoms with Crippen LogP contribution in [0.25, 0.3) is 0 Å². The topological polar surface area (TPSA) is 72.0 Å². The molecule has 0 saturated heterocycles. The van der Waals surface area contributed by atoms with Gasteiger partial charge < -0.3 is 0 Å². The average Bonchev–Trinajstić information content (AvgIpc) is 2.04. The Kier molecular flexibility index (Phi) is 2.92. The Bertz CT molecular complexity index is 336. The molecular formula is C7H6ClN3O2. The molecule has 0 unspecified atom stereocenters. The molecule has 1 aromatic heterocycles. The molecule has 0 aromatic carbocycles. The first-order valence-electron chi connectivity index (χ1n) is 3.39. The quantitative estimate of drug-likeness (QED) is 0.711. The third-order valence-electron chi connectivity index (χ3n) is 1.14. The summed E-state index contributed by atoms with van der Waals surface area (Å²) in [4.78, 5) is 28.9.